The first kappa shape index (κ1) is 14.0. The van der Waals surface area contributed by atoms with Crippen molar-refractivity contribution in [1.29, 1.82) is 0 Å². The molecule has 0 aromatic carbocycles. The average Bonchev–Trinajstić information content (AvgIpc) is 2.74. The Hall–Kier alpha value is -0.431. The Labute approximate surface area is 122 Å². The van der Waals surface area contributed by atoms with E-state index in [1.54, 1.807) is 0 Å². The predicted molar refractivity (Wildman–Crippen MR) is 70.3 cm³/mol. The van der Waals surface area contributed by atoms with Gasteiger partial charge in [-0.2, -0.15) is 0 Å². The summed E-state index contributed by atoms with van der Waals surface area (Å²) in [7, 11) is 2.55. The van der Waals surface area contributed by atoms with Crippen LogP contribution in [0.15, 0.2) is 13.7 Å². The fraction of sp³-hybridized carbons (Fsp3) is 0.222. The van der Waals surface area contributed by atoms with E-state index < -0.39 is 11.9 Å². The van der Waals surface area contributed by atoms with Crippen molar-refractivity contribution in [2.75, 3.05) is 14.2 Å². The number of carbonyl (C=O) groups excluding carboxylic acids is 2. The summed E-state index contributed by atoms with van der Waals surface area (Å²) in [6.45, 7) is 0. The molecule has 2 rings (SSSR count). The Bertz CT molecular complexity index is 552. The Morgan fingerprint density at radius 1 is 0.944 bits per heavy atom. The van der Waals surface area contributed by atoms with Gasteiger partial charge in [-0.25, -0.2) is 0 Å². The molecule has 18 heavy (non-hydrogen) atoms. The van der Waals surface area contributed by atoms with Gasteiger partial charge in [0, 0.05) is 0 Å². The molecule has 0 aliphatic carbocycles. The molecule has 0 amide bonds. The van der Waals surface area contributed by atoms with E-state index in [-0.39, 0.29) is 34.0 Å². The van der Waals surface area contributed by atoms with Crippen LogP contribution in [0.5, 0.6) is 0 Å². The molecule has 0 radical (unpaired) electrons. The molecule has 96 valence electrons. The molecule has 0 atom stereocenters. The van der Waals surface area contributed by atoms with Crippen molar-refractivity contribution in [2.45, 2.75) is 0 Å². The average molecular weight is 416 g/mol. The summed E-state index contributed by atoms with van der Waals surface area (Å²) in [6.07, 6.45) is 0. The molecule has 1 aromatic rings. The van der Waals surface area contributed by atoms with Gasteiger partial charge in [-0.05, 0) is 0 Å². The topological polar surface area (TPSA) is 69.7 Å². The van der Waals surface area contributed by atoms with Gasteiger partial charge in [-0.1, -0.05) is 0 Å². The maximum absolute atomic E-state index is 11.7. The molecular formula is C9H6O5S2Se2. The van der Waals surface area contributed by atoms with E-state index >= 15 is 0 Å². The fourth-order valence-electron chi connectivity index (χ4n) is 1.11. The van der Waals surface area contributed by atoms with Gasteiger partial charge in [0.1, 0.15) is 0 Å². The molecular weight excluding hydrogens is 410 g/mol. The number of ether oxygens (including phenoxy) is 2. The summed E-state index contributed by atoms with van der Waals surface area (Å²) in [5.41, 5.74) is 0. The van der Waals surface area contributed by atoms with Gasteiger partial charge in [-0.3, -0.25) is 0 Å². The van der Waals surface area contributed by atoms with Crippen molar-refractivity contribution in [3.05, 3.63) is 17.8 Å². The standard InChI is InChI=1S/C9H6O5S2Se2/c1-13-5(10)3-4(6(11)14-2)18-8-7(17-3)15-9(12)16-8/h1-2H3. The maximum atomic E-state index is 11.7. The molecule has 0 saturated heterocycles. The number of methoxy groups -OCH3 is 2. The van der Waals surface area contributed by atoms with Crippen LogP contribution in [-0.2, 0) is 19.1 Å². The Morgan fingerprint density at radius 2 is 1.33 bits per heavy atom. The van der Waals surface area contributed by atoms with Gasteiger partial charge in [0.05, 0.1) is 0 Å². The van der Waals surface area contributed by atoms with Gasteiger partial charge in [0.15, 0.2) is 0 Å². The molecule has 1 aliphatic rings. The van der Waals surface area contributed by atoms with E-state index in [1.807, 2.05) is 0 Å². The summed E-state index contributed by atoms with van der Waals surface area (Å²) in [5, 5.41) is 0. The van der Waals surface area contributed by atoms with Crippen LogP contribution in [0.25, 0.3) is 0 Å². The second kappa shape index (κ2) is 5.69. The van der Waals surface area contributed by atoms with Crippen LogP contribution in [0.4, 0.5) is 0 Å². The van der Waals surface area contributed by atoms with Crippen LogP contribution in [0, 0.1) is 0 Å². The van der Waals surface area contributed by atoms with Crippen molar-refractivity contribution in [2.24, 2.45) is 0 Å². The van der Waals surface area contributed by atoms with Gasteiger partial charge >= 0.3 is 123 Å². The second-order valence-corrected chi connectivity index (χ2v) is 10.5. The molecule has 0 fully saturated rings. The SMILES string of the molecule is COC(=O)C1=C(C(=O)OC)[Se]c2sc(=O)sc2[Se]1. The van der Waals surface area contributed by atoms with E-state index in [2.05, 4.69) is 9.47 Å². The molecule has 0 N–H and O–H groups in total. The van der Waals surface area contributed by atoms with Crippen molar-refractivity contribution < 1.29 is 19.1 Å². The third kappa shape index (κ3) is 2.61. The Balaban J connectivity index is 2.47. The molecule has 0 spiro atoms. The number of hydrogen-bond donors (Lipinski definition) is 0. The Morgan fingerprint density at radius 3 is 1.67 bits per heavy atom. The monoisotopic (exact) mass is 418 g/mol. The van der Waals surface area contributed by atoms with E-state index in [1.165, 1.54) is 14.2 Å². The molecule has 5 nitrogen and oxygen atoms in total. The van der Waals surface area contributed by atoms with E-state index in [0.29, 0.717) is 8.94 Å². The van der Waals surface area contributed by atoms with Gasteiger partial charge in [0.25, 0.3) is 0 Å². The molecule has 1 aromatic heterocycles. The van der Waals surface area contributed by atoms with Crippen LogP contribution in [0.2, 0.25) is 0 Å². The van der Waals surface area contributed by atoms with Gasteiger partial charge < -0.3 is 0 Å². The van der Waals surface area contributed by atoms with Crippen LogP contribution in [0.1, 0.15) is 0 Å². The fourth-order valence-corrected chi connectivity index (χ4v) is 11.0. The molecule has 2 heterocycles. The minimum atomic E-state index is -0.506. The third-order valence-electron chi connectivity index (χ3n) is 1.86. The molecule has 0 bridgehead atoms. The van der Waals surface area contributed by atoms with Crippen molar-refractivity contribution in [3.8, 4) is 0 Å². The number of fused-ring (bicyclic) bond motifs is 1. The van der Waals surface area contributed by atoms with Crippen LogP contribution in [0.3, 0.4) is 0 Å². The van der Waals surface area contributed by atoms with E-state index in [4.69, 9.17) is 0 Å². The van der Waals surface area contributed by atoms with E-state index in [9.17, 15) is 14.4 Å². The molecule has 0 saturated carbocycles. The third-order valence-corrected chi connectivity index (χ3v) is 11.5. The van der Waals surface area contributed by atoms with Crippen molar-refractivity contribution >= 4 is 72.1 Å². The second-order valence-electron chi connectivity index (χ2n) is 2.87. The molecule has 0 unspecified atom stereocenters. The summed E-state index contributed by atoms with van der Waals surface area (Å²) in [5.74, 6) is -1.01. The number of hydrogen-bond acceptors (Lipinski definition) is 7. The zero-order chi connectivity index (χ0) is 13.3. The first-order chi connectivity index (χ1) is 8.56. The van der Waals surface area contributed by atoms with E-state index in [0.717, 1.165) is 30.2 Å². The normalized spacial score (nSPS) is 14.1. The van der Waals surface area contributed by atoms with Gasteiger partial charge in [-0.15, -0.1) is 0 Å². The number of carbonyl (C=O) groups is 2. The van der Waals surface area contributed by atoms with Crippen molar-refractivity contribution in [3.63, 3.8) is 0 Å². The molecule has 9 heteroatoms. The van der Waals surface area contributed by atoms with Crippen LogP contribution >= 0.6 is 22.7 Å². The van der Waals surface area contributed by atoms with Crippen LogP contribution < -0.4 is 11.6 Å². The van der Waals surface area contributed by atoms with Crippen LogP contribution in [-0.4, -0.2) is 56.1 Å². The quantitative estimate of drug-likeness (QED) is 0.429. The summed E-state index contributed by atoms with van der Waals surface area (Å²) >= 11 is 1.61. The molecule has 1 aliphatic heterocycles. The zero-order valence-electron chi connectivity index (χ0n) is 9.17. The first-order valence-corrected chi connectivity index (χ1v) is 9.53. The first-order valence-electron chi connectivity index (χ1n) is 4.47. The summed E-state index contributed by atoms with van der Waals surface area (Å²) < 4.78 is 12.0. The zero-order valence-corrected chi connectivity index (χ0v) is 14.2. The van der Waals surface area contributed by atoms with Gasteiger partial charge in [0.2, 0.25) is 0 Å². The summed E-state index contributed by atoms with van der Waals surface area (Å²) in [4.78, 5) is 34.7. The number of rotatable bonds is 2. The minimum absolute atomic E-state index is 0.000850. The summed E-state index contributed by atoms with van der Waals surface area (Å²) in [6, 6.07) is 0. The van der Waals surface area contributed by atoms with Crippen molar-refractivity contribution in [1.82, 2.24) is 0 Å². The number of esters is 2. The Kier molecular flexibility index (Phi) is 4.42. The predicted octanol–water partition coefficient (Wildman–Crippen LogP) is -1.60.